The topological polar surface area (TPSA) is 152 Å². The molecule has 0 spiro atoms. The van der Waals surface area contributed by atoms with Gasteiger partial charge < -0.3 is 19.5 Å². The van der Waals surface area contributed by atoms with Crippen molar-refractivity contribution in [2.45, 2.75) is 33.7 Å². The van der Waals surface area contributed by atoms with Crippen LogP contribution in [0.4, 0.5) is 10.7 Å². The van der Waals surface area contributed by atoms with Crippen LogP contribution in [0.2, 0.25) is 0 Å². The number of hydrogen-bond donors (Lipinski definition) is 1. The van der Waals surface area contributed by atoms with Crippen LogP contribution >= 0.6 is 11.3 Å². The third kappa shape index (κ3) is 5.57. The van der Waals surface area contributed by atoms with Gasteiger partial charge in [-0.25, -0.2) is 9.59 Å². The number of amides is 1. The molecule has 1 N–H and O–H groups in total. The highest BCUT2D eigenvalue weighted by atomic mass is 32.1. The molecule has 0 aliphatic carbocycles. The first-order chi connectivity index (χ1) is 14.7. The van der Waals surface area contributed by atoms with Gasteiger partial charge in [0.25, 0.3) is 0 Å². The molecule has 0 atom stereocenters. The van der Waals surface area contributed by atoms with Crippen molar-refractivity contribution < 1.29 is 33.5 Å². The molecule has 0 aliphatic rings. The lowest BCUT2D eigenvalue weighted by atomic mass is 10.1. The summed E-state index contributed by atoms with van der Waals surface area (Å²) in [5, 5.41) is 17.5. The van der Waals surface area contributed by atoms with Crippen LogP contribution in [0.5, 0.6) is 5.88 Å². The Hall–Kier alpha value is -3.48. The molecule has 2 aromatic rings. The average Bonchev–Trinajstić information content (AvgIpc) is 3.27. The monoisotopic (exact) mass is 454 g/mol. The zero-order valence-corrected chi connectivity index (χ0v) is 18.2. The number of thiophene rings is 1. The summed E-state index contributed by atoms with van der Waals surface area (Å²) in [6.45, 7) is 4.97. The SMILES string of the molecule is CCCOC(=O)c1c(NC(=O)Cn2cc([N+](=O)[O-])c(OC)n2)sc(C(=O)OCC)c1C. The third-order valence-corrected chi connectivity index (χ3v) is 5.09. The quantitative estimate of drug-likeness (QED) is 0.324. The highest BCUT2D eigenvalue weighted by Gasteiger charge is 2.28. The van der Waals surface area contributed by atoms with Gasteiger partial charge in [-0.1, -0.05) is 6.92 Å². The van der Waals surface area contributed by atoms with Crippen molar-refractivity contribution >= 4 is 39.9 Å². The van der Waals surface area contributed by atoms with Crippen LogP contribution in [0.1, 0.15) is 45.9 Å². The molecule has 1 amide bonds. The van der Waals surface area contributed by atoms with E-state index in [1.54, 1.807) is 13.8 Å². The van der Waals surface area contributed by atoms with E-state index < -0.39 is 28.5 Å². The number of carbonyl (C=O) groups excluding carboxylic acids is 3. The van der Waals surface area contributed by atoms with Gasteiger partial charge in [0.1, 0.15) is 22.6 Å². The molecule has 0 saturated carbocycles. The zero-order valence-electron chi connectivity index (χ0n) is 17.4. The minimum atomic E-state index is -0.684. The Morgan fingerprint density at radius 2 is 1.97 bits per heavy atom. The molecule has 0 fully saturated rings. The van der Waals surface area contributed by atoms with Gasteiger partial charge in [-0.2, -0.15) is 0 Å². The van der Waals surface area contributed by atoms with Crippen molar-refractivity contribution in [2.75, 3.05) is 25.6 Å². The lowest BCUT2D eigenvalue weighted by Crippen LogP contribution is -2.20. The second kappa shape index (κ2) is 10.5. The molecule has 0 unspecified atom stereocenters. The van der Waals surface area contributed by atoms with Gasteiger partial charge in [-0.05, 0) is 25.8 Å². The van der Waals surface area contributed by atoms with Crippen molar-refractivity contribution in [1.82, 2.24) is 9.78 Å². The lowest BCUT2D eigenvalue weighted by molar-refractivity contribution is -0.385. The molecule has 168 valence electrons. The van der Waals surface area contributed by atoms with Gasteiger partial charge in [0.15, 0.2) is 0 Å². The molecule has 0 bridgehead atoms. The molecule has 2 rings (SSSR count). The summed E-state index contributed by atoms with van der Waals surface area (Å²) in [4.78, 5) is 47.7. The standard InChI is InChI=1S/C18H22N4O8S/c1-5-7-30-17(24)13-10(3)14(18(25)29-6-2)31-16(13)19-12(23)9-21-8-11(22(26)27)15(20-21)28-4/h8H,5-7,9H2,1-4H3,(H,19,23). The molecular weight excluding hydrogens is 432 g/mol. The van der Waals surface area contributed by atoms with Crippen LogP contribution in [0, 0.1) is 17.0 Å². The number of ether oxygens (including phenoxy) is 3. The Balaban J connectivity index is 2.30. The summed E-state index contributed by atoms with van der Waals surface area (Å²) in [6, 6.07) is 0. The van der Waals surface area contributed by atoms with Crippen molar-refractivity contribution in [3.05, 3.63) is 32.3 Å². The van der Waals surface area contributed by atoms with Crippen molar-refractivity contribution in [3.8, 4) is 5.88 Å². The molecular formula is C18H22N4O8S. The number of nitro groups is 1. The fourth-order valence-corrected chi connectivity index (χ4v) is 3.67. The maximum Gasteiger partial charge on any atom is 0.350 e. The lowest BCUT2D eigenvalue weighted by Gasteiger charge is -2.07. The van der Waals surface area contributed by atoms with E-state index in [9.17, 15) is 24.5 Å². The van der Waals surface area contributed by atoms with E-state index in [2.05, 4.69) is 10.4 Å². The number of anilines is 1. The molecule has 0 radical (unpaired) electrons. The summed E-state index contributed by atoms with van der Waals surface area (Å²) in [7, 11) is 1.22. The summed E-state index contributed by atoms with van der Waals surface area (Å²) in [6.07, 6.45) is 1.65. The highest BCUT2D eigenvalue weighted by Crippen LogP contribution is 2.34. The summed E-state index contributed by atoms with van der Waals surface area (Å²) in [5.41, 5.74) is -0.00849. The number of hydrogen-bond acceptors (Lipinski definition) is 10. The van der Waals surface area contributed by atoms with E-state index in [1.165, 1.54) is 7.11 Å². The number of carbonyl (C=O) groups is 3. The van der Waals surface area contributed by atoms with E-state index >= 15 is 0 Å². The fraction of sp³-hybridized carbons (Fsp3) is 0.444. The molecule has 0 aromatic carbocycles. The predicted molar refractivity (Wildman–Crippen MR) is 110 cm³/mol. The summed E-state index contributed by atoms with van der Waals surface area (Å²) < 4.78 is 16.0. The van der Waals surface area contributed by atoms with Gasteiger partial charge in [-0.3, -0.25) is 19.6 Å². The molecule has 0 saturated heterocycles. The van der Waals surface area contributed by atoms with E-state index in [1.807, 2.05) is 6.92 Å². The van der Waals surface area contributed by atoms with E-state index in [4.69, 9.17) is 14.2 Å². The molecule has 13 heteroatoms. The number of aromatic nitrogens is 2. The van der Waals surface area contributed by atoms with Gasteiger partial charge in [-0.15, -0.1) is 16.4 Å². The van der Waals surface area contributed by atoms with Crippen LogP contribution in [0.25, 0.3) is 0 Å². The summed E-state index contributed by atoms with van der Waals surface area (Å²) in [5.74, 6) is -2.17. The predicted octanol–water partition coefficient (Wildman–Crippen LogP) is 2.55. The first-order valence-electron chi connectivity index (χ1n) is 9.26. The maximum absolute atomic E-state index is 12.5. The van der Waals surface area contributed by atoms with Gasteiger partial charge in [0.2, 0.25) is 5.91 Å². The Morgan fingerprint density at radius 3 is 2.52 bits per heavy atom. The second-order valence-electron chi connectivity index (χ2n) is 6.14. The second-order valence-corrected chi connectivity index (χ2v) is 7.16. The maximum atomic E-state index is 12.5. The number of methoxy groups -OCH3 is 1. The van der Waals surface area contributed by atoms with Gasteiger partial charge in [0, 0.05) is 0 Å². The zero-order chi connectivity index (χ0) is 23.1. The van der Waals surface area contributed by atoms with Gasteiger partial charge in [0.05, 0.1) is 30.8 Å². The number of esters is 2. The van der Waals surface area contributed by atoms with E-state index in [0.29, 0.717) is 12.0 Å². The fourth-order valence-electron chi connectivity index (χ4n) is 2.56. The van der Waals surface area contributed by atoms with Crippen LogP contribution in [0.3, 0.4) is 0 Å². The first-order valence-corrected chi connectivity index (χ1v) is 10.1. The third-order valence-electron chi connectivity index (χ3n) is 3.91. The Labute approximate surface area is 181 Å². The molecule has 2 heterocycles. The number of nitrogens with zero attached hydrogens (tertiary/aromatic N) is 3. The highest BCUT2D eigenvalue weighted by molar-refractivity contribution is 7.18. The summed E-state index contributed by atoms with van der Waals surface area (Å²) >= 11 is 0.883. The van der Waals surface area contributed by atoms with Crippen LogP contribution in [-0.4, -0.2) is 52.9 Å². The molecule has 31 heavy (non-hydrogen) atoms. The van der Waals surface area contributed by atoms with E-state index in [-0.39, 0.29) is 41.1 Å². The minimum Gasteiger partial charge on any atom is -0.475 e. The van der Waals surface area contributed by atoms with Crippen molar-refractivity contribution in [2.24, 2.45) is 0 Å². The Kier molecular flexibility index (Phi) is 8.07. The van der Waals surface area contributed by atoms with Crippen LogP contribution in [0.15, 0.2) is 6.20 Å². The van der Waals surface area contributed by atoms with Crippen molar-refractivity contribution in [3.63, 3.8) is 0 Å². The average molecular weight is 454 g/mol. The minimum absolute atomic E-state index is 0.0545. The number of nitrogens with one attached hydrogen (secondary N) is 1. The van der Waals surface area contributed by atoms with Gasteiger partial charge >= 0.3 is 23.5 Å². The number of rotatable bonds is 10. The Bertz CT molecular complexity index is 997. The largest absolute Gasteiger partial charge is 0.475 e. The smallest absolute Gasteiger partial charge is 0.350 e. The van der Waals surface area contributed by atoms with E-state index in [0.717, 1.165) is 22.2 Å². The molecule has 0 aliphatic heterocycles. The Morgan fingerprint density at radius 1 is 1.26 bits per heavy atom. The molecule has 12 nitrogen and oxygen atoms in total. The first kappa shape index (κ1) is 23.8. The van der Waals surface area contributed by atoms with Crippen LogP contribution < -0.4 is 10.1 Å². The van der Waals surface area contributed by atoms with Crippen LogP contribution in [-0.2, 0) is 20.8 Å². The molecule has 2 aromatic heterocycles. The van der Waals surface area contributed by atoms with Crippen molar-refractivity contribution in [1.29, 1.82) is 0 Å². The normalized spacial score (nSPS) is 10.5.